The first-order chi connectivity index (χ1) is 9.17. The molecule has 0 aromatic heterocycles. The average Bonchev–Trinajstić information content (AvgIpc) is 2.66. The third kappa shape index (κ3) is 3.88. The highest BCUT2D eigenvalue weighted by atomic mass is 79.9. The summed E-state index contributed by atoms with van der Waals surface area (Å²) in [5.41, 5.74) is -0.753. The van der Waals surface area contributed by atoms with Crippen LogP contribution < -0.4 is 5.32 Å². The second kappa shape index (κ2) is 5.56. The Morgan fingerprint density at radius 2 is 2.10 bits per heavy atom. The summed E-state index contributed by atoms with van der Waals surface area (Å²) < 4.78 is 45.1. The summed E-state index contributed by atoms with van der Waals surface area (Å²) in [4.78, 5) is 0. The van der Waals surface area contributed by atoms with Crippen molar-refractivity contribution < 1.29 is 17.9 Å². The summed E-state index contributed by atoms with van der Waals surface area (Å²) in [5, 5.41) is 2.86. The molecule has 0 spiro atoms. The van der Waals surface area contributed by atoms with E-state index in [1.165, 1.54) is 6.07 Å². The second-order valence-electron chi connectivity index (χ2n) is 5.61. The first-order valence-electron chi connectivity index (χ1n) is 6.46. The van der Waals surface area contributed by atoms with Gasteiger partial charge in [0.1, 0.15) is 0 Å². The fourth-order valence-corrected chi connectivity index (χ4v) is 2.71. The number of hydrogen-bond acceptors (Lipinski definition) is 2. The maximum atomic E-state index is 13.0. The Balaban J connectivity index is 2.07. The van der Waals surface area contributed by atoms with E-state index in [4.69, 9.17) is 4.74 Å². The third-order valence-corrected chi connectivity index (χ3v) is 3.85. The Morgan fingerprint density at radius 1 is 1.40 bits per heavy atom. The van der Waals surface area contributed by atoms with Crippen LogP contribution in [-0.4, -0.2) is 18.2 Å². The van der Waals surface area contributed by atoms with Crippen LogP contribution >= 0.6 is 15.9 Å². The highest BCUT2D eigenvalue weighted by Gasteiger charge is 2.35. The van der Waals surface area contributed by atoms with E-state index < -0.39 is 11.7 Å². The van der Waals surface area contributed by atoms with Crippen LogP contribution in [0.25, 0.3) is 0 Å². The molecule has 0 radical (unpaired) electrons. The molecule has 1 heterocycles. The summed E-state index contributed by atoms with van der Waals surface area (Å²) in [5.74, 6) is 0. The molecule has 2 nitrogen and oxygen atoms in total. The van der Waals surface area contributed by atoms with Gasteiger partial charge in [-0.05, 0) is 44.9 Å². The highest BCUT2D eigenvalue weighted by molar-refractivity contribution is 9.10. The van der Waals surface area contributed by atoms with Gasteiger partial charge in [0.15, 0.2) is 0 Å². The molecule has 0 amide bonds. The molecule has 1 aromatic carbocycles. The molecule has 1 N–H and O–H groups in total. The van der Waals surface area contributed by atoms with E-state index in [0.29, 0.717) is 11.0 Å². The zero-order valence-corrected chi connectivity index (χ0v) is 12.9. The van der Waals surface area contributed by atoms with E-state index in [9.17, 15) is 13.2 Å². The van der Waals surface area contributed by atoms with Gasteiger partial charge in [-0.3, -0.25) is 0 Å². The number of hydrogen-bond donors (Lipinski definition) is 1. The van der Waals surface area contributed by atoms with Gasteiger partial charge in [-0.25, -0.2) is 0 Å². The van der Waals surface area contributed by atoms with Crippen LogP contribution in [0.4, 0.5) is 18.9 Å². The number of benzene rings is 1. The van der Waals surface area contributed by atoms with Crippen molar-refractivity contribution in [3.63, 3.8) is 0 Å². The molecule has 0 bridgehead atoms. The lowest BCUT2D eigenvalue weighted by Gasteiger charge is -2.21. The van der Waals surface area contributed by atoms with Gasteiger partial charge in [-0.1, -0.05) is 15.9 Å². The molecule has 2 rings (SSSR count). The van der Waals surface area contributed by atoms with Crippen molar-refractivity contribution in [3.8, 4) is 0 Å². The standard InChI is InChI=1S/C14H17BrF3NO/c1-13(2)6-5-10(20-13)8-19-12-4-3-9(15)7-11(12)14(16,17)18/h3-4,7,10,19H,5-6,8H2,1-2H3. The maximum absolute atomic E-state index is 13.0. The lowest BCUT2D eigenvalue weighted by molar-refractivity contribution is -0.137. The molecule has 0 aliphatic carbocycles. The Kier molecular flexibility index (Phi) is 4.35. The summed E-state index contributed by atoms with van der Waals surface area (Å²) in [6, 6.07) is 4.12. The molecular formula is C14H17BrF3NO. The predicted octanol–water partition coefficient (Wildman–Crippen LogP) is 4.84. The Morgan fingerprint density at radius 3 is 2.65 bits per heavy atom. The van der Waals surface area contributed by atoms with Crippen molar-refractivity contribution in [2.45, 2.75) is 44.6 Å². The topological polar surface area (TPSA) is 21.3 Å². The lowest BCUT2D eigenvalue weighted by Crippen LogP contribution is -2.25. The van der Waals surface area contributed by atoms with Crippen molar-refractivity contribution in [2.24, 2.45) is 0 Å². The molecule has 1 fully saturated rings. The molecule has 112 valence electrons. The van der Waals surface area contributed by atoms with Crippen LogP contribution in [0.3, 0.4) is 0 Å². The summed E-state index contributed by atoms with van der Waals surface area (Å²) in [6.07, 6.45) is -2.64. The van der Waals surface area contributed by atoms with E-state index in [1.54, 1.807) is 6.07 Å². The molecule has 1 atom stereocenters. The zero-order valence-electron chi connectivity index (χ0n) is 11.4. The van der Waals surface area contributed by atoms with Gasteiger partial charge in [0.2, 0.25) is 0 Å². The van der Waals surface area contributed by atoms with E-state index in [0.717, 1.165) is 18.9 Å². The van der Waals surface area contributed by atoms with Crippen LogP contribution in [0.2, 0.25) is 0 Å². The fraction of sp³-hybridized carbons (Fsp3) is 0.571. The van der Waals surface area contributed by atoms with Gasteiger partial charge < -0.3 is 10.1 Å². The molecule has 0 saturated carbocycles. The van der Waals surface area contributed by atoms with Crippen molar-refractivity contribution in [1.82, 2.24) is 0 Å². The van der Waals surface area contributed by atoms with Crippen LogP contribution in [-0.2, 0) is 10.9 Å². The van der Waals surface area contributed by atoms with Crippen LogP contribution in [0, 0.1) is 0 Å². The molecule has 6 heteroatoms. The minimum Gasteiger partial charge on any atom is -0.382 e. The van der Waals surface area contributed by atoms with Gasteiger partial charge in [0.25, 0.3) is 0 Å². The van der Waals surface area contributed by atoms with Crippen molar-refractivity contribution >= 4 is 21.6 Å². The van der Waals surface area contributed by atoms with Crippen molar-refractivity contribution in [3.05, 3.63) is 28.2 Å². The summed E-state index contributed by atoms with van der Waals surface area (Å²) in [7, 11) is 0. The number of alkyl halides is 3. The highest BCUT2D eigenvalue weighted by Crippen LogP contribution is 2.37. The second-order valence-corrected chi connectivity index (χ2v) is 6.52. The molecule has 20 heavy (non-hydrogen) atoms. The number of ether oxygens (including phenoxy) is 1. The van der Waals surface area contributed by atoms with Gasteiger partial charge in [-0.2, -0.15) is 13.2 Å². The van der Waals surface area contributed by atoms with Crippen LogP contribution in [0.1, 0.15) is 32.3 Å². The SMILES string of the molecule is CC1(C)CCC(CNc2ccc(Br)cc2C(F)(F)F)O1. The third-order valence-electron chi connectivity index (χ3n) is 3.36. The lowest BCUT2D eigenvalue weighted by atomic mass is 10.1. The minimum atomic E-state index is -4.37. The van der Waals surface area contributed by atoms with E-state index in [1.807, 2.05) is 13.8 Å². The van der Waals surface area contributed by atoms with Crippen molar-refractivity contribution in [2.75, 3.05) is 11.9 Å². The van der Waals surface area contributed by atoms with Crippen molar-refractivity contribution in [1.29, 1.82) is 0 Å². The minimum absolute atomic E-state index is 0.0465. The monoisotopic (exact) mass is 351 g/mol. The zero-order chi connectivity index (χ0) is 15.0. The number of nitrogens with one attached hydrogen (secondary N) is 1. The quantitative estimate of drug-likeness (QED) is 0.841. The van der Waals surface area contributed by atoms with Gasteiger partial charge in [0, 0.05) is 16.7 Å². The van der Waals surface area contributed by atoms with Gasteiger partial charge in [0.05, 0.1) is 17.3 Å². The Labute approximate surface area is 124 Å². The number of anilines is 1. The van der Waals surface area contributed by atoms with Gasteiger partial charge >= 0.3 is 6.18 Å². The van der Waals surface area contributed by atoms with E-state index >= 15 is 0 Å². The van der Waals surface area contributed by atoms with Crippen LogP contribution in [0.15, 0.2) is 22.7 Å². The first-order valence-corrected chi connectivity index (χ1v) is 7.25. The normalized spacial score (nSPS) is 22.0. The van der Waals surface area contributed by atoms with E-state index in [2.05, 4.69) is 21.2 Å². The summed E-state index contributed by atoms with van der Waals surface area (Å²) >= 11 is 3.07. The summed E-state index contributed by atoms with van der Waals surface area (Å²) in [6.45, 7) is 4.37. The van der Waals surface area contributed by atoms with E-state index in [-0.39, 0.29) is 17.4 Å². The van der Waals surface area contributed by atoms with Gasteiger partial charge in [-0.15, -0.1) is 0 Å². The number of rotatable bonds is 3. The average molecular weight is 352 g/mol. The smallest absolute Gasteiger partial charge is 0.382 e. The van der Waals surface area contributed by atoms with Crippen LogP contribution in [0.5, 0.6) is 0 Å². The molecule has 1 aliphatic rings. The predicted molar refractivity (Wildman–Crippen MR) is 75.8 cm³/mol. The Bertz CT molecular complexity index is 488. The largest absolute Gasteiger partial charge is 0.418 e. The Hall–Kier alpha value is -0.750. The maximum Gasteiger partial charge on any atom is 0.418 e. The molecule has 1 saturated heterocycles. The fourth-order valence-electron chi connectivity index (χ4n) is 2.35. The molecule has 1 unspecified atom stereocenters. The molecular weight excluding hydrogens is 335 g/mol. The molecule has 1 aliphatic heterocycles. The number of halogens is 4. The molecule has 1 aromatic rings. The first kappa shape index (κ1) is 15.6.